The Bertz CT molecular complexity index is 1660. The average molecular weight is 1060 g/mol. The van der Waals surface area contributed by atoms with Gasteiger partial charge in [0.1, 0.15) is 12.7 Å². The molecule has 0 aromatic carbocycles. The highest BCUT2D eigenvalue weighted by molar-refractivity contribution is 7.47. The lowest BCUT2D eigenvalue weighted by molar-refractivity contribution is -0.161. The molecule has 0 rings (SSSR count). The van der Waals surface area contributed by atoms with Crippen LogP contribution in [-0.4, -0.2) is 66.5 Å². The number of esters is 3. The fourth-order valence-electron chi connectivity index (χ4n) is 7.32. The summed E-state index contributed by atoms with van der Waals surface area (Å²) in [6.45, 7) is 4.30. The standard InChI is InChI=1S/C62H103O11P/c1-4-7-10-13-16-19-22-25-27-28-29-30-32-35-38-41-44-47-50-53-62(66)73-59(55-69-60(64)51-48-45-42-39-36-34-31-26-23-20-17-14-11-8-5-2)57-71-74(67,68)70-56-58(54-63)72-61(65)52-49-46-43-40-37-33-24-21-18-15-12-9-6-3/h8,11-12,15-17,19-21,24-27,31,36,39,45,48,58-59,63H,4-7,9-10,13-14,18,22-23,28-30,32-35,37-38,40-44,46-47,49-57H2,1-3H3,(H,67,68)/b11-8-,15-12-,19-16-,20-17-,24-21-,27-25-,31-26-,39-36-,48-45-. The van der Waals surface area contributed by atoms with Crippen LogP contribution in [0.15, 0.2) is 109 Å². The number of rotatable bonds is 52. The van der Waals surface area contributed by atoms with Crippen LogP contribution in [0.2, 0.25) is 0 Å². The number of phosphoric acid groups is 1. The molecule has 3 unspecified atom stereocenters. The van der Waals surface area contributed by atoms with Gasteiger partial charge in [0.25, 0.3) is 0 Å². The predicted octanol–water partition coefficient (Wildman–Crippen LogP) is 17.0. The number of allylic oxidation sites excluding steroid dienone is 17. The Morgan fingerprint density at radius 3 is 1.20 bits per heavy atom. The second kappa shape index (κ2) is 55.4. The molecule has 0 fully saturated rings. The largest absolute Gasteiger partial charge is 0.472 e. The van der Waals surface area contributed by atoms with Crippen LogP contribution in [0.25, 0.3) is 0 Å². The second-order valence-electron chi connectivity index (χ2n) is 18.7. The molecule has 0 saturated carbocycles. The predicted molar refractivity (Wildman–Crippen MR) is 307 cm³/mol. The monoisotopic (exact) mass is 1050 g/mol. The van der Waals surface area contributed by atoms with Crippen molar-refractivity contribution in [3.05, 3.63) is 109 Å². The molecule has 0 heterocycles. The smallest absolute Gasteiger partial charge is 0.461 e. The fraction of sp³-hybridized carbons (Fsp3) is 0.661. The summed E-state index contributed by atoms with van der Waals surface area (Å²) >= 11 is 0. The number of carbonyl (C=O) groups excluding carboxylic acids is 3. The third-order valence-corrected chi connectivity index (χ3v) is 12.6. The normalized spacial score (nSPS) is 14.2. The van der Waals surface area contributed by atoms with E-state index >= 15 is 0 Å². The van der Waals surface area contributed by atoms with Crippen LogP contribution < -0.4 is 0 Å². The second-order valence-corrected chi connectivity index (χ2v) is 20.2. The number of aliphatic hydroxyl groups excluding tert-OH is 1. The lowest BCUT2D eigenvalue weighted by Crippen LogP contribution is -2.30. The first-order chi connectivity index (χ1) is 36.2. The van der Waals surface area contributed by atoms with E-state index in [4.69, 9.17) is 23.3 Å². The van der Waals surface area contributed by atoms with Gasteiger partial charge < -0.3 is 24.2 Å². The maximum Gasteiger partial charge on any atom is 0.472 e. The molecule has 0 aliphatic rings. The first-order valence-electron chi connectivity index (χ1n) is 28.8. The number of carbonyl (C=O) groups is 3. The van der Waals surface area contributed by atoms with Crippen molar-refractivity contribution >= 4 is 25.7 Å². The van der Waals surface area contributed by atoms with Gasteiger partial charge in [-0.25, -0.2) is 4.57 Å². The third kappa shape index (κ3) is 53.0. The Labute approximate surface area is 450 Å². The van der Waals surface area contributed by atoms with Crippen molar-refractivity contribution in [2.75, 3.05) is 26.4 Å². The lowest BCUT2D eigenvalue weighted by Gasteiger charge is -2.21. The molecule has 2 N–H and O–H groups in total. The minimum Gasteiger partial charge on any atom is -0.461 e. The molecule has 0 aromatic heterocycles. The molecule has 3 atom stereocenters. The van der Waals surface area contributed by atoms with Crippen molar-refractivity contribution in [3.8, 4) is 0 Å². The van der Waals surface area contributed by atoms with Crippen LogP contribution in [0, 0.1) is 0 Å². The van der Waals surface area contributed by atoms with Gasteiger partial charge in [-0.3, -0.25) is 23.4 Å². The minimum absolute atomic E-state index is 0.0118. The number of aliphatic hydroxyl groups is 1. The lowest BCUT2D eigenvalue weighted by atomic mass is 10.1. The quantitative estimate of drug-likeness (QED) is 0.0197. The van der Waals surface area contributed by atoms with Gasteiger partial charge >= 0.3 is 25.7 Å². The Balaban J connectivity index is 4.84. The highest BCUT2D eigenvalue weighted by atomic mass is 31.2. The summed E-state index contributed by atoms with van der Waals surface area (Å²) in [5.41, 5.74) is 0. The summed E-state index contributed by atoms with van der Waals surface area (Å²) in [5.74, 6) is -1.64. The Kier molecular flexibility index (Phi) is 52.5. The van der Waals surface area contributed by atoms with Crippen LogP contribution in [0.4, 0.5) is 0 Å². The summed E-state index contributed by atoms with van der Waals surface area (Å²) in [4.78, 5) is 48.5. The van der Waals surface area contributed by atoms with Gasteiger partial charge in [-0.1, -0.05) is 214 Å². The number of phosphoric ester groups is 1. The molecule has 11 nitrogen and oxygen atoms in total. The van der Waals surface area contributed by atoms with Gasteiger partial charge in [-0.05, 0) is 103 Å². The zero-order valence-corrected chi connectivity index (χ0v) is 47.4. The summed E-state index contributed by atoms with van der Waals surface area (Å²) in [6, 6.07) is 0. The van der Waals surface area contributed by atoms with E-state index in [2.05, 4.69) is 112 Å². The van der Waals surface area contributed by atoms with Gasteiger partial charge in [-0.15, -0.1) is 0 Å². The van der Waals surface area contributed by atoms with Crippen molar-refractivity contribution < 1.29 is 52.2 Å². The Morgan fingerprint density at radius 1 is 0.405 bits per heavy atom. The molecule has 0 bridgehead atoms. The van der Waals surface area contributed by atoms with Crippen molar-refractivity contribution in [2.24, 2.45) is 0 Å². The van der Waals surface area contributed by atoms with Crippen molar-refractivity contribution in [1.82, 2.24) is 0 Å². The van der Waals surface area contributed by atoms with E-state index < -0.39 is 64.4 Å². The first kappa shape index (κ1) is 70.1. The van der Waals surface area contributed by atoms with E-state index in [-0.39, 0.29) is 19.3 Å². The van der Waals surface area contributed by atoms with Crippen molar-refractivity contribution in [1.29, 1.82) is 0 Å². The van der Waals surface area contributed by atoms with Crippen LogP contribution in [0.3, 0.4) is 0 Å². The molecule has 422 valence electrons. The van der Waals surface area contributed by atoms with Gasteiger partial charge in [0.2, 0.25) is 0 Å². The average Bonchev–Trinajstić information content (AvgIpc) is 3.39. The fourth-order valence-corrected chi connectivity index (χ4v) is 8.10. The highest BCUT2D eigenvalue weighted by Gasteiger charge is 2.28. The number of unbranched alkanes of at least 4 members (excludes halogenated alkanes) is 18. The summed E-state index contributed by atoms with van der Waals surface area (Å²) in [5, 5.41) is 9.80. The number of hydrogen-bond donors (Lipinski definition) is 2. The zero-order valence-electron chi connectivity index (χ0n) is 46.5. The van der Waals surface area contributed by atoms with Gasteiger partial charge in [0.15, 0.2) is 6.10 Å². The Morgan fingerprint density at radius 2 is 0.770 bits per heavy atom. The van der Waals surface area contributed by atoms with Crippen LogP contribution in [0.1, 0.15) is 226 Å². The Hall–Kier alpha value is -3.86. The molecule has 0 aromatic rings. The van der Waals surface area contributed by atoms with E-state index in [9.17, 15) is 28.9 Å². The minimum atomic E-state index is -4.78. The summed E-state index contributed by atoms with van der Waals surface area (Å²) in [6.07, 6.45) is 66.5. The molecule has 12 heteroatoms. The van der Waals surface area contributed by atoms with E-state index in [0.717, 1.165) is 116 Å². The van der Waals surface area contributed by atoms with Gasteiger partial charge in [0, 0.05) is 12.8 Å². The molecule has 0 aliphatic heterocycles. The summed E-state index contributed by atoms with van der Waals surface area (Å²) < 4.78 is 39.4. The SMILES string of the molecule is CC/C=C\C/C=C\C/C=C\C/C=C\C/C=C\CC(=O)OCC(COP(=O)(O)OCC(CO)OC(=O)CCCCCCC/C=C\C/C=C\CCC)OC(=O)CCCCCCCCCCC/C=C\C/C=C\CCCCC. The molecule has 0 spiro atoms. The number of hydrogen-bond acceptors (Lipinski definition) is 10. The van der Waals surface area contributed by atoms with Gasteiger partial charge in [0.05, 0.1) is 26.2 Å². The third-order valence-electron chi connectivity index (χ3n) is 11.7. The van der Waals surface area contributed by atoms with Crippen LogP contribution >= 0.6 is 7.82 Å². The van der Waals surface area contributed by atoms with Crippen LogP contribution in [-0.2, 0) is 42.2 Å². The van der Waals surface area contributed by atoms with E-state index in [0.29, 0.717) is 19.3 Å². The molecular weight excluding hydrogens is 952 g/mol. The number of ether oxygens (including phenoxy) is 3. The molecule has 0 saturated heterocycles. The summed E-state index contributed by atoms with van der Waals surface area (Å²) in [7, 11) is -4.78. The molecule has 74 heavy (non-hydrogen) atoms. The molecule has 0 radical (unpaired) electrons. The van der Waals surface area contributed by atoms with Crippen molar-refractivity contribution in [3.63, 3.8) is 0 Å². The molecule has 0 aliphatic carbocycles. The molecular formula is C62H103O11P. The van der Waals surface area contributed by atoms with Crippen molar-refractivity contribution in [2.45, 2.75) is 238 Å². The van der Waals surface area contributed by atoms with Crippen LogP contribution in [0.5, 0.6) is 0 Å². The topological polar surface area (TPSA) is 155 Å². The first-order valence-corrected chi connectivity index (χ1v) is 30.3. The maximum absolute atomic E-state index is 12.9. The highest BCUT2D eigenvalue weighted by Crippen LogP contribution is 2.43. The van der Waals surface area contributed by atoms with E-state index in [1.165, 1.54) is 51.4 Å². The van der Waals surface area contributed by atoms with Gasteiger partial charge in [-0.2, -0.15) is 0 Å². The maximum atomic E-state index is 12.9. The van der Waals surface area contributed by atoms with E-state index in [1.54, 1.807) is 6.08 Å². The zero-order chi connectivity index (χ0) is 54.1. The van der Waals surface area contributed by atoms with E-state index in [1.807, 2.05) is 12.2 Å². The molecule has 0 amide bonds.